The molecule has 1 fully saturated rings. The summed E-state index contributed by atoms with van der Waals surface area (Å²) in [5.74, 6) is -0.563. The van der Waals surface area contributed by atoms with Gasteiger partial charge >= 0.3 is 0 Å². The van der Waals surface area contributed by atoms with Crippen LogP contribution in [0.2, 0.25) is 0 Å². The summed E-state index contributed by atoms with van der Waals surface area (Å²) in [5.41, 5.74) is 0. The number of nitrogens with one attached hydrogen (secondary N) is 1. The largest absolute Gasteiger partial charge is 0.354 e. The first-order valence-electron chi connectivity index (χ1n) is 5.40. The zero-order chi connectivity index (χ0) is 11.3. The zero-order valence-corrected chi connectivity index (χ0v) is 10.2. The van der Waals surface area contributed by atoms with E-state index in [1.807, 2.05) is 18.7 Å². The number of hydrogen-bond donors (Lipinski definition) is 1. The molecule has 1 unspecified atom stereocenters. The summed E-state index contributed by atoms with van der Waals surface area (Å²) in [6.07, 6.45) is 5.97. The van der Waals surface area contributed by atoms with E-state index >= 15 is 0 Å². The molecule has 1 saturated carbocycles. The van der Waals surface area contributed by atoms with Crippen LogP contribution in [-0.2, 0) is 4.79 Å². The van der Waals surface area contributed by atoms with Crippen molar-refractivity contribution >= 4 is 17.7 Å². The minimum absolute atomic E-state index is 0.0975. The first-order valence-corrected chi connectivity index (χ1v) is 6.62. The molecule has 0 aromatic heterocycles. The fraction of sp³-hybridized carbons (Fsp3) is 0.818. The third kappa shape index (κ3) is 3.42. The van der Waals surface area contributed by atoms with Crippen LogP contribution in [0.25, 0.3) is 0 Å². The Morgan fingerprint density at radius 1 is 1.67 bits per heavy atom. The second-order valence-corrected chi connectivity index (χ2v) is 5.35. The molecule has 0 aliphatic heterocycles. The van der Waals surface area contributed by atoms with Crippen LogP contribution in [0.5, 0.6) is 0 Å². The lowest BCUT2D eigenvalue weighted by molar-refractivity contribution is -0.123. The van der Waals surface area contributed by atoms with E-state index in [1.165, 1.54) is 12.8 Å². The van der Waals surface area contributed by atoms with Crippen molar-refractivity contribution in [3.63, 3.8) is 0 Å². The van der Waals surface area contributed by atoms with Crippen LogP contribution in [-0.4, -0.2) is 23.5 Å². The van der Waals surface area contributed by atoms with Crippen molar-refractivity contribution in [3.8, 4) is 6.07 Å². The van der Waals surface area contributed by atoms with Crippen molar-refractivity contribution in [1.82, 2.24) is 5.32 Å². The number of rotatable bonds is 6. The zero-order valence-electron chi connectivity index (χ0n) is 9.38. The molecular weight excluding hydrogens is 208 g/mol. The summed E-state index contributed by atoms with van der Waals surface area (Å²) in [6, 6.07) is 2.06. The average Bonchev–Trinajstić information content (AvgIpc) is 3.03. The fourth-order valence-electron chi connectivity index (χ4n) is 1.51. The molecule has 1 atom stereocenters. The summed E-state index contributed by atoms with van der Waals surface area (Å²) in [5, 5.41) is 11.7. The van der Waals surface area contributed by atoms with Gasteiger partial charge < -0.3 is 5.32 Å². The SMILES string of the molecule is CCCC(C#N)C(=O)NCC1(SC)CC1. The van der Waals surface area contributed by atoms with Crippen molar-refractivity contribution in [2.45, 2.75) is 37.4 Å². The number of nitriles is 1. The van der Waals surface area contributed by atoms with Gasteiger partial charge in [-0.05, 0) is 25.5 Å². The molecular formula is C11H18N2OS. The predicted octanol–water partition coefficient (Wildman–Crippen LogP) is 1.94. The van der Waals surface area contributed by atoms with Crippen LogP contribution in [0.15, 0.2) is 0 Å². The number of carbonyl (C=O) groups is 1. The molecule has 1 rings (SSSR count). The van der Waals surface area contributed by atoms with Gasteiger partial charge in [-0.3, -0.25) is 4.79 Å². The molecule has 84 valence electrons. The van der Waals surface area contributed by atoms with Gasteiger partial charge in [-0.25, -0.2) is 0 Å². The van der Waals surface area contributed by atoms with Gasteiger partial charge in [0.2, 0.25) is 5.91 Å². The lowest BCUT2D eigenvalue weighted by atomic mass is 10.1. The van der Waals surface area contributed by atoms with Gasteiger partial charge in [0.15, 0.2) is 0 Å². The first-order chi connectivity index (χ1) is 7.17. The Morgan fingerprint density at radius 3 is 2.73 bits per heavy atom. The molecule has 0 aromatic rings. The molecule has 3 nitrogen and oxygen atoms in total. The van der Waals surface area contributed by atoms with E-state index in [1.54, 1.807) is 0 Å². The number of thioether (sulfide) groups is 1. The van der Waals surface area contributed by atoms with Crippen molar-refractivity contribution < 1.29 is 4.79 Å². The molecule has 0 bridgehead atoms. The van der Waals surface area contributed by atoms with E-state index in [4.69, 9.17) is 5.26 Å². The van der Waals surface area contributed by atoms with Gasteiger partial charge in [0.1, 0.15) is 5.92 Å². The number of carbonyl (C=O) groups excluding carboxylic acids is 1. The van der Waals surface area contributed by atoms with Gasteiger partial charge in [-0.15, -0.1) is 0 Å². The molecule has 0 saturated heterocycles. The highest BCUT2D eigenvalue weighted by Gasteiger charge is 2.42. The first kappa shape index (κ1) is 12.4. The highest BCUT2D eigenvalue weighted by Crippen LogP contribution is 2.46. The molecule has 1 aliphatic rings. The highest BCUT2D eigenvalue weighted by molar-refractivity contribution is 8.00. The van der Waals surface area contributed by atoms with E-state index in [9.17, 15) is 4.79 Å². The van der Waals surface area contributed by atoms with Crippen LogP contribution in [0.4, 0.5) is 0 Å². The van der Waals surface area contributed by atoms with E-state index in [2.05, 4.69) is 17.6 Å². The Kier molecular flexibility index (Phi) is 4.46. The molecule has 15 heavy (non-hydrogen) atoms. The smallest absolute Gasteiger partial charge is 0.237 e. The molecule has 1 amide bonds. The summed E-state index contributed by atoms with van der Waals surface area (Å²) in [7, 11) is 0. The third-order valence-electron chi connectivity index (χ3n) is 2.88. The molecule has 0 radical (unpaired) electrons. The number of amides is 1. The Balaban J connectivity index is 2.32. The number of nitrogens with zero attached hydrogens (tertiary/aromatic N) is 1. The summed E-state index contributed by atoms with van der Waals surface area (Å²) >= 11 is 1.82. The van der Waals surface area contributed by atoms with E-state index in [-0.39, 0.29) is 10.7 Å². The van der Waals surface area contributed by atoms with Crippen LogP contribution < -0.4 is 5.32 Å². The fourth-order valence-corrected chi connectivity index (χ4v) is 2.23. The molecule has 0 spiro atoms. The summed E-state index contributed by atoms with van der Waals surface area (Å²) < 4.78 is 0.280. The normalized spacial score (nSPS) is 19.0. The maximum absolute atomic E-state index is 11.6. The van der Waals surface area contributed by atoms with Gasteiger partial charge in [0.25, 0.3) is 0 Å². The summed E-state index contributed by atoms with van der Waals surface area (Å²) in [6.45, 7) is 2.71. The van der Waals surface area contributed by atoms with Gasteiger partial charge in [-0.2, -0.15) is 17.0 Å². The minimum Gasteiger partial charge on any atom is -0.354 e. The van der Waals surface area contributed by atoms with Gasteiger partial charge in [-0.1, -0.05) is 13.3 Å². The monoisotopic (exact) mass is 226 g/mol. The van der Waals surface area contributed by atoms with E-state index < -0.39 is 5.92 Å². The summed E-state index contributed by atoms with van der Waals surface area (Å²) in [4.78, 5) is 11.6. The number of hydrogen-bond acceptors (Lipinski definition) is 3. The molecule has 1 N–H and O–H groups in total. The van der Waals surface area contributed by atoms with Crippen molar-refractivity contribution in [2.75, 3.05) is 12.8 Å². The maximum atomic E-state index is 11.6. The van der Waals surface area contributed by atoms with Crippen molar-refractivity contribution in [1.29, 1.82) is 5.26 Å². The Hall–Kier alpha value is -0.690. The van der Waals surface area contributed by atoms with Crippen molar-refractivity contribution in [2.24, 2.45) is 5.92 Å². The van der Waals surface area contributed by atoms with Crippen LogP contribution in [0, 0.1) is 17.2 Å². The second kappa shape index (κ2) is 5.41. The van der Waals surface area contributed by atoms with Crippen LogP contribution >= 0.6 is 11.8 Å². The Morgan fingerprint density at radius 2 is 2.33 bits per heavy atom. The topological polar surface area (TPSA) is 52.9 Å². The minimum atomic E-state index is -0.465. The second-order valence-electron chi connectivity index (χ2n) is 4.08. The Labute approximate surface area is 95.6 Å². The van der Waals surface area contributed by atoms with Crippen LogP contribution in [0.3, 0.4) is 0 Å². The molecule has 0 heterocycles. The third-order valence-corrected chi connectivity index (χ3v) is 4.29. The van der Waals surface area contributed by atoms with Gasteiger partial charge in [0, 0.05) is 11.3 Å². The van der Waals surface area contributed by atoms with Crippen LogP contribution in [0.1, 0.15) is 32.6 Å². The average molecular weight is 226 g/mol. The molecule has 0 aromatic carbocycles. The van der Waals surface area contributed by atoms with Crippen molar-refractivity contribution in [3.05, 3.63) is 0 Å². The lowest BCUT2D eigenvalue weighted by Crippen LogP contribution is -2.35. The molecule has 4 heteroatoms. The van der Waals surface area contributed by atoms with Gasteiger partial charge in [0.05, 0.1) is 6.07 Å². The predicted molar refractivity (Wildman–Crippen MR) is 62.5 cm³/mol. The maximum Gasteiger partial charge on any atom is 0.237 e. The molecule has 1 aliphatic carbocycles. The quantitative estimate of drug-likeness (QED) is 0.753. The van der Waals surface area contributed by atoms with E-state index in [0.717, 1.165) is 13.0 Å². The highest BCUT2D eigenvalue weighted by atomic mass is 32.2. The lowest BCUT2D eigenvalue weighted by Gasteiger charge is -2.14. The standard InChI is InChI=1S/C11H18N2OS/c1-3-4-9(7-12)10(14)13-8-11(15-2)5-6-11/h9H,3-6,8H2,1-2H3,(H,13,14). The van der Waals surface area contributed by atoms with E-state index in [0.29, 0.717) is 6.42 Å². The Bertz CT molecular complexity index is 268.